The first-order chi connectivity index (χ1) is 20.1. The minimum absolute atomic E-state index is 0.470. The molecule has 5 rings (SSSR count). The standard InChI is InChI=1S/C32H34F6N2OS/c33-31(34,35)26-10-6-24(7-11-26)30(25-8-12-27(13-9-25)32(36,37)38)39-18-20-40(21-19-39)42-29-16-14-28(15-17-29)41-22-23-4-2-1-3-5-23/h6-17,23,30H,1-5,18-22H2. The van der Waals surface area contributed by atoms with E-state index in [1.54, 1.807) is 11.9 Å². The summed E-state index contributed by atoms with van der Waals surface area (Å²) in [4.78, 5) is 3.19. The zero-order chi connectivity index (χ0) is 29.7. The Hall–Kier alpha value is -2.69. The van der Waals surface area contributed by atoms with Gasteiger partial charge in [-0.15, -0.1) is 0 Å². The summed E-state index contributed by atoms with van der Waals surface area (Å²) in [5.41, 5.74) is -0.312. The molecule has 0 unspecified atom stereocenters. The Kier molecular flexibility index (Phi) is 9.74. The summed E-state index contributed by atoms with van der Waals surface area (Å²) in [5.74, 6) is 1.50. The number of alkyl halides is 6. The van der Waals surface area contributed by atoms with Crippen molar-refractivity contribution in [2.75, 3.05) is 32.8 Å². The maximum absolute atomic E-state index is 13.2. The number of hydrogen-bond acceptors (Lipinski definition) is 4. The van der Waals surface area contributed by atoms with Crippen LogP contribution in [0.15, 0.2) is 77.7 Å². The second-order valence-electron chi connectivity index (χ2n) is 11.0. The van der Waals surface area contributed by atoms with Crippen LogP contribution < -0.4 is 4.74 Å². The Morgan fingerprint density at radius 1 is 0.667 bits per heavy atom. The zero-order valence-electron chi connectivity index (χ0n) is 23.1. The van der Waals surface area contributed by atoms with Crippen LogP contribution in [0.3, 0.4) is 0 Å². The van der Waals surface area contributed by atoms with Gasteiger partial charge in [0.2, 0.25) is 0 Å². The van der Waals surface area contributed by atoms with Crippen molar-refractivity contribution in [2.24, 2.45) is 5.92 Å². The van der Waals surface area contributed by atoms with E-state index in [-0.39, 0.29) is 0 Å². The summed E-state index contributed by atoms with van der Waals surface area (Å²) in [5, 5.41) is 0. The Labute approximate surface area is 247 Å². The van der Waals surface area contributed by atoms with Crippen molar-refractivity contribution in [2.45, 2.75) is 55.4 Å². The van der Waals surface area contributed by atoms with Gasteiger partial charge in [0.05, 0.1) is 23.8 Å². The fraction of sp³-hybridized carbons (Fsp3) is 0.438. The third-order valence-corrected chi connectivity index (χ3v) is 9.12. The monoisotopic (exact) mass is 608 g/mol. The number of halogens is 6. The topological polar surface area (TPSA) is 15.7 Å². The molecule has 3 aromatic rings. The van der Waals surface area contributed by atoms with E-state index in [2.05, 4.69) is 9.21 Å². The number of nitrogens with zero attached hydrogens (tertiary/aromatic N) is 2. The molecule has 1 heterocycles. The van der Waals surface area contributed by atoms with Crippen LogP contribution in [-0.2, 0) is 12.4 Å². The molecule has 1 aliphatic carbocycles. The molecule has 0 aromatic heterocycles. The van der Waals surface area contributed by atoms with Crippen molar-refractivity contribution in [3.8, 4) is 5.75 Å². The van der Waals surface area contributed by atoms with Gasteiger partial charge in [-0.1, -0.05) is 43.5 Å². The molecule has 10 heteroatoms. The third-order valence-electron chi connectivity index (χ3n) is 8.01. The second-order valence-corrected chi connectivity index (χ2v) is 12.2. The van der Waals surface area contributed by atoms with Gasteiger partial charge in [0.1, 0.15) is 5.75 Å². The lowest BCUT2D eigenvalue weighted by Crippen LogP contribution is -2.45. The van der Waals surface area contributed by atoms with Gasteiger partial charge in [-0.05, 0) is 90.4 Å². The molecule has 1 aliphatic heterocycles. The van der Waals surface area contributed by atoms with Crippen LogP contribution in [0.4, 0.5) is 26.3 Å². The SMILES string of the molecule is FC(F)(F)c1ccc(C(c2ccc(C(F)(F)F)cc2)N2CCN(Sc3ccc(OCC4CCCCC4)cc3)CC2)cc1. The molecule has 0 amide bonds. The largest absolute Gasteiger partial charge is 0.493 e. The highest BCUT2D eigenvalue weighted by Crippen LogP contribution is 2.37. The Bertz CT molecular complexity index is 1210. The van der Waals surface area contributed by atoms with Crippen LogP contribution >= 0.6 is 11.9 Å². The average molecular weight is 609 g/mol. The molecule has 226 valence electrons. The van der Waals surface area contributed by atoms with E-state index < -0.39 is 29.5 Å². The average Bonchev–Trinajstić information content (AvgIpc) is 2.98. The van der Waals surface area contributed by atoms with Gasteiger partial charge in [0, 0.05) is 31.1 Å². The molecule has 2 aliphatic rings. The highest BCUT2D eigenvalue weighted by atomic mass is 32.2. The van der Waals surface area contributed by atoms with E-state index >= 15 is 0 Å². The number of rotatable bonds is 8. The zero-order valence-corrected chi connectivity index (χ0v) is 23.9. The fourth-order valence-electron chi connectivity index (χ4n) is 5.69. The molecule has 42 heavy (non-hydrogen) atoms. The molecule has 0 spiro atoms. The van der Waals surface area contributed by atoms with Gasteiger partial charge >= 0.3 is 12.4 Å². The van der Waals surface area contributed by atoms with Gasteiger partial charge in [0.15, 0.2) is 0 Å². The van der Waals surface area contributed by atoms with Crippen molar-refractivity contribution < 1.29 is 31.1 Å². The number of piperazine rings is 1. The maximum Gasteiger partial charge on any atom is 0.416 e. The molecule has 3 nitrogen and oxygen atoms in total. The molecule has 0 atom stereocenters. The minimum Gasteiger partial charge on any atom is -0.493 e. The second kappa shape index (κ2) is 13.3. The smallest absolute Gasteiger partial charge is 0.416 e. The molecule has 2 fully saturated rings. The number of hydrogen-bond donors (Lipinski definition) is 0. The van der Waals surface area contributed by atoms with Crippen LogP contribution in [-0.4, -0.2) is 42.0 Å². The molecule has 3 aromatic carbocycles. The van der Waals surface area contributed by atoms with E-state index in [9.17, 15) is 26.3 Å². The van der Waals surface area contributed by atoms with Gasteiger partial charge in [-0.2, -0.15) is 26.3 Å². The van der Waals surface area contributed by atoms with E-state index in [4.69, 9.17) is 4.74 Å². The van der Waals surface area contributed by atoms with Crippen LogP contribution in [0.5, 0.6) is 5.75 Å². The first-order valence-corrected chi connectivity index (χ1v) is 15.1. The Morgan fingerprint density at radius 3 is 1.64 bits per heavy atom. The normalized spacial score (nSPS) is 18.0. The van der Waals surface area contributed by atoms with Crippen LogP contribution in [0.2, 0.25) is 0 Å². The van der Waals surface area contributed by atoms with Gasteiger partial charge < -0.3 is 4.74 Å². The van der Waals surface area contributed by atoms with Crippen molar-refractivity contribution in [1.29, 1.82) is 0 Å². The van der Waals surface area contributed by atoms with Crippen LogP contribution in [0.25, 0.3) is 0 Å². The first-order valence-electron chi connectivity index (χ1n) is 14.3. The van der Waals surface area contributed by atoms with Crippen molar-refractivity contribution in [1.82, 2.24) is 9.21 Å². The first kappa shape index (κ1) is 30.8. The van der Waals surface area contributed by atoms with Gasteiger partial charge in [-0.25, -0.2) is 4.31 Å². The fourth-order valence-corrected chi connectivity index (χ4v) is 6.59. The van der Waals surface area contributed by atoms with E-state index in [1.807, 2.05) is 24.3 Å². The molecular weight excluding hydrogens is 574 g/mol. The van der Waals surface area contributed by atoms with Gasteiger partial charge in [0.25, 0.3) is 0 Å². The third kappa shape index (κ3) is 8.02. The summed E-state index contributed by atoms with van der Waals surface area (Å²) in [6, 6.07) is 17.4. The summed E-state index contributed by atoms with van der Waals surface area (Å²) in [6.45, 7) is 3.32. The van der Waals surface area contributed by atoms with Crippen LogP contribution in [0, 0.1) is 5.92 Å². The van der Waals surface area contributed by atoms with E-state index in [1.165, 1.54) is 56.4 Å². The van der Waals surface area contributed by atoms with Crippen molar-refractivity contribution >= 4 is 11.9 Å². The van der Waals surface area contributed by atoms with E-state index in [0.717, 1.165) is 41.5 Å². The number of ether oxygens (including phenoxy) is 1. The van der Waals surface area contributed by atoms with Crippen molar-refractivity contribution in [3.63, 3.8) is 0 Å². The maximum atomic E-state index is 13.2. The summed E-state index contributed by atoms with van der Waals surface area (Å²) < 4.78 is 87.3. The predicted molar refractivity (Wildman–Crippen MR) is 152 cm³/mol. The lowest BCUT2D eigenvalue weighted by molar-refractivity contribution is -0.138. The predicted octanol–water partition coefficient (Wildman–Crippen LogP) is 9.10. The summed E-state index contributed by atoms with van der Waals surface area (Å²) in [6.07, 6.45) is -2.58. The van der Waals surface area contributed by atoms with E-state index in [0.29, 0.717) is 43.2 Å². The molecule has 1 saturated carbocycles. The molecule has 1 saturated heterocycles. The molecular formula is C32H34F6N2OS. The minimum atomic E-state index is -4.47. The Morgan fingerprint density at radius 2 is 1.17 bits per heavy atom. The quantitative estimate of drug-likeness (QED) is 0.187. The van der Waals surface area contributed by atoms with Gasteiger partial charge in [-0.3, -0.25) is 4.90 Å². The molecule has 0 radical (unpaired) electrons. The molecule has 0 bridgehead atoms. The highest BCUT2D eigenvalue weighted by molar-refractivity contribution is 7.97. The highest BCUT2D eigenvalue weighted by Gasteiger charge is 2.33. The number of benzene rings is 3. The lowest BCUT2D eigenvalue weighted by Gasteiger charge is -2.39. The summed E-state index contributed by atoms with van der Waals surface area (Å²) in [7, 11) is 0. The summed E-state index contributed by atoms with van der Waals surface area (Å²) >= 11 is 1.64. The lowest BCUT2D eigenvalue weighted by atomic mass is 9.90. The van der Waals surface area contributed by atoms with Crippen LogP contribution in [0.1, 0.15) is 60.4 Å². The van der Waals surface area contributed by atoms with Crippen molar-refractivity contribution in [3.05, 3.63) is 95.1 Å². The molecule has 0 N–H and O–H groups in total. The Balaban J connectivity index is 1.23.